The van der Waals surface area contributed by atoms with Crippen LogP contribution in [0.25, 0.3) is 0 Å². The first-order chi connectivity index (χ1) is 7.66. The van der Waals surface area contributed by atoms with Gasteiger partial charge in [-0.15, -0.1) is 0 Å². The summed E-state index contributed by atoms with van der Waals surface area (Å²) in [5, 5.41) is 0. The molecular weight excluding hydrogens is 210 g/mol. The lowest BCUT2D eigenvalue weighted by atomic mass is 10.3. The molecule has 1 aromatic rings. The van der Waals surface area contributed by atoms with E-state index in [1.54, 1.807) is 17.2 Å². The smallest absolute Gasteiger partial charge is 0.409 e. The first-order valence-electron chi connectivity index (χ1n) is 4.89. The number of carbonyl (C=O) groups excluding carboxylic acids is 2. The Morgan fingerprint density at radius 2 is 2.31 bits per heavy atom. The summed E-state index contributed by atoms with van der Waals surface area (Å²) in [7, 11) is 0. The third-order valence-electron chi connectivity index (χ3n) is 2.30. The second-order valence-corrected chi connectivity index (χ2v) is 3.45. The van der Waals surface area contributed by atoms with Crippen molar-refractivity contribution in [3.8, 4) is 5.75 Å². The molecule has 0 aliphatic carbocycles. The molecule has 84 valence electrons. The summed E-state index contributed by atoms with van der Waals surface area (Å²) in [6, 6.07) is 1.57. The van der Waals surface area contributed by atoms with Crippen LogP contribution in [0.2, 0.25) is 0 Å². The Labute approximate surface area is 92.0 Å². The van der Waals surface area contributed by atoms with Gasteiger partial charge in [0.25, 0.3) is 0 Å². The molecule has 16 heavy (non-hydrogen) atoms. The van der Waals surface area contributed by atoms with Crippen molar-refractivity contribution in [1.82, 2.24) is 4.98 Å². The van der Waals surface area contributed by atoms with Crippen molar-refractivity contribution in [2.75, 3.05) is 11.4 Å². The summed E-state index contributed by atoms with van der Waals surface area (Å²) >= 11 is 0. The van der Waals surface area contributed by atoms with E-state index in [4.69, 9.17) is 5.73 Å². The predicted octanol–water partition coefficient (Wildman–Crippen LogP) is 0.666. The van der Waals surface area contributed by atoms with Gasteiger partial charge in [0.05, 0.1) is 18.1 Å². The number of nitrogens with two attached hydrogens (primary N) is 1. The topological polar surface area (TPSA) is 85.5 Å². The van der Waals surface area contributed by atoms with E-state index in [1.807, 2.05) is 0 Å². The van der Waals surface area contributed by atoms with Crippen LogP contribution in [0.15, 0.2) is 18.5 Å². The van der Waals surface area contributed by atoms with E-state index >= 15 is 0 Å². The van der Waals surface area contributed by atoms with Crippen LogP contribution in [0, 0.1) is 0 Å². The number of ether oxygens (including phenoxy) is 1. The van der Waals surface area contributed by atoms with Crippen LogP contribution in [0.4, 0.5) is 10.5 Å². The third kappa shape index (κ3) is 2.10. The Morgan fingerprint density at radius 3 is 2.94 bits per heavy atom. The van der Waals surface area contributed by atoms with Gasteiger partial charge in [0.2, 0.25) is 5.91 Å². The fourth-order valence-corrected chi connectivity index (χ4v) is 1.65. The summed E-state index contributed by atoms with van der Waals surface area (Å²) in [6.07, 6.45) is 3.40. The molecule has 2 amide bonds. The maximum Gasteiger partial charge on any atom is 0.410 e. The number of primary amides is 1. The number of pyridine rings is 1. The van der Waals surface area contributed by atoms with Crippen LogP contribution in [-0.4, -0.2) is 23.5 Å². The normalized spacial score (nSPS) is 15.2. The number of amides is 2. The Balaban J connectivity index is 2.21. The van der Waals surface area contributed by atoms with Gasteiger partial charge in [-0.2, -0.15) is 0 Å². The van der Waals surface area contributed by atoms with Crippen LogP contribution < -0.4 is 15.4 Å². The minimum absolute atomic E-state index is 0.0537. The maximum absolute atomic E-state index is 11.5. The SMILES string of the molecule is NC(=O)Oc1cncc(N2CCCC2=O)c1. The standard InChI is InChI=1S/C10H11N3O3/c11-10(15)16-8-4-7(5-12-6-8)13-3-1-2-9(13)14/h4-6H,1-3H2,(H2,11,15). The number of hydrogen-bond acceptors (Lipinski definition) is 4. The van der Waals surface area contributed by atoms with Crippen LogP contribution in [0.1, 0.15) is 12.8 Å². The lowest BCUT2D eigenvalue weighted by molar-refractivity contribution is -0.117. The molecule has 2 rings (SSSR count). The summed E-state index contributed by atoms with van der Waals surface area (Å²) in [5.74, 6) is 0.294. The van der Waals surface area contributed by atoms with Gasteiger partial charge in [0.15, 0.2) is 5.75 Å². The minimum atomic E-state index is -0.897. The number of nitrogens with zero attached hydrogens (tertiary/aromatic N) is 2. The van der Waals surface area contributed by atoms with E-state index in [0.717, 1.165) is 6.42 Å². The van der Waals surface area contributed by atoms with E-state index in [0.29, 0.717) is 18.7 Å². The molecule has 1 fully saturated rings. The Morgan fingerprint density at radius 1 is 1.50 bits per heavy atom. The van der Waals surface area contributed by atoms with Gasteiger partial charge in [0.1, 0.15) is 0 Å². The molecule has 0 bridgehead atoms. The highest BCUT2D eigenvalue weighted by Gasteiger charge is 2.22. The van der Waals surface area contributed by atoms with E-state index in [1.165, 1.54) is 6.20 Å². The van der Waals surface area contributed by atoms with Gasteiger partial charge >= 0.3 is 6.09 Å². The molecule has 6 heteroatoms. The van der Waals surface area contributed by atoms with Gasteiger partial charge in [0, 0.05) is 19.0 Å². The van der Waals surface area contributed by atoms with E-state index in [2.05, 4.69) is 9.72 Å². The summed E-state index contributed by atoms with van der Waals surface area (Å²) in [4.78, 5) is 27.5. The predicted molar refractivity (Wildman–Crippen MR) is 56.0 cm³/mol. The molecular formula is C10H11N3O3. The monoisotopic (exact) mass is 221 g/mol. The van der Waals surface area contributed by atoms with Crippen LogP contribution in [-0.2, 0) is 4.79 Å². The molecule has 1 aliphatic rings. The van der Waals surface area contributed by atoms with Gasteiger partial charge in [-0.25, -0.2) is 4.79 Å². The Hall–Kier alpha value is -2.11. The van der Waals surface area contributed by atoms with Crippen LogP contribution in [0.3, 0.4) is 0 Å². The molecule has 6 nitrogen and oxygen atoms in total. The van der Waals surface area contributed by atoms with E-state index in [9.17, 15) is 9.59 Å². The fourth-order valence-electron chi connectivity index (χ4n) is 1.65. The molecule has 2 N–H and O–H groups in total. The number of anilines is 1. The number of aromatic nitrogens is 1. The molecule has 0 radical (unpaired) electrons. The molecule has 0 saturated carbocycles. The second kappa shape index (κ2) is 4.18. The number of carbonyl (C=O) groups is 2. The summed E-state index contributed by atoms with van der Waals surface area (Å²) in [5.41, 5.74) is 5.51. The minimum Gasteiger partial charge on any atom is -0.409 e. The second-order valence-electron chi connectivity index (χ2n) is 3.45. The van der Waals surface area contributed by atoms with Crippen molar-refractivity contribution in [3.05, 3.63) is 18.5 Å². The molecule has 2 heterocycles. The van der Waals surface area contributed by atoms with Gasteiger partial charge in [-0.1, -0.05) is 0 Å². The molecule has 0 unspecified atom stereocenters. The van der Waals surface area contributed by atoms with E-state index in [-0.39, 0.29) is 11.7 Å². The highest BCUT2D eigenvalue weighted by molar-refractivity contribution is 5.95. The first kappa shape index (κ1) is 10.4. The van der Waals surface area contributed by atoms with Crippen LogP contribution >= 0.6 is 0 Å². The van der Waals surface area contributed by atoms with Crippen molar-refractivity contribution < 1.29 is 14.3 Å². The zero-order valence-electron chi connectivity index (χ0n) is 8.55. The Kier molecular flexibility index (Phi) is 2.72. The Bertz CT molecular complexity index is 433. The third-order valence-corrected chi connectivity index (χ3v) is 2.30. The average Bonchev–Trinajstić information content (AvgIpc) is 2.64. The lowest BCUT2D eigenvalue weighted by Crippen LogP contribution is -2.24. The van der Waals surface area contributed by atoms with Crippen molar-refractivity contribution in [2.45, 2.75) is 12.8 Å². The molecule has 1 aliphatic heterocycles. The quantitative estimate of drug-likeness (QED) is 0.795. The van der Waals surface area contributed by atoms with Crippen molar-refractivity contribution in [1.29, 1.82) is 0 Å². The fraction of sp³-hybridized carbons (Fsp3) is 0.300. The molecule has 1 saturated heterocycles. The van der Waals surface area contributed by atoms with Gasteiger partial charge < -0.3 is 15.4 Å². The van der Waals surface area contributed by atoms with Gasteiger partial charge in [-0.05, 0) is 6.42 Å². The zero-order valence-corrected chi connectivity index (χ0v) is 8.55. The van der Waals surface area contributed by atoms with Crippen molar-refractivity contribution in [2.24, 2.45) is 5.73 Å². The highest BCUT2D eigenvalue weighted by Crippen LogP contribution is 2.23. The van der Waals surface area contributed by atoms with Crippen molar-refractivity contribution >= 4 is 17.7 Å². The average molecular weight is 221 g/mol. The summed E-state index contributed by atoms with van der Waals surface area (Å²) < 4.78 is 4.69. The molecule has 0 spiro atoms. The zero-order chi connectivity index (χ0) is 11.5. The molecule has 0 aromatic carbocycles. The van der Waals surface area contributed by atoms with Crippen LogP contribution in [0.5, 0.6) is 5.75 Å². The van der Waals surface area contributed by atoms with Gasteiger partial charge in [-0.3, -0.25) is 9.78 Å². The molecule has 1 aromatic heterocycles. The van der Waals surface area contributed by atoms with E-state index < -0.39 is 6.09 Å². The maximum atomic E-state index is 11.5. The number of rotatable bonds is 2. The van der Waals surface area contributed by atoms with Crippen molar-refractivity contribution in [3.63, 3.8) is 0 Å². The first-order valence-corrected chi connectivity index (χ1v) is 4.89. The molecule has 0 atom stereocenters. The highest BCUT2D eigenvalue weighted by atomic mass is 16.5. The largest absolute Gasteiger partial charge is 0.410 e. The number of hydrogen-bond donors (Lipinski definition) is 1. The summed E-state index contributed by atoms with van der Waals surface area (Å²) in [6.45, 7) is 0.667. The lowest BCUT2D eigenvalue weighted by Gasteiger charge is -2.15.